The molecule has 0 bridgehead atoms. The van der Waals surface area contributed by atoms with Gasteiger partial charge in [0.05, 0.1) is 11.7 Å². The Labute approximate surface area is 105 Å². The molecule has 17 heavy (non-hydrogen) atoms. The molecule has 2 N–H and O–H groups in total. The van der Waals surface area contributed by atoms with Crippen molar-refractivity contribution in [3.05, 3.63) is 0 Å². The van der Waals surface area contributed by atoms with Crippen LogP contribution in [0.1, 0.15) is 53.4 Å². The second kappa shape index (κ2) is 4.55. The highest BCUT2D eigenvalue weighted by molar-refractivity contribution is 4.95. The fourth-order valence-electron chi connectivity index (χ4n) is 4.24. The molecule has 2 aliphatic carbocycles. The molecule has 0 amide bonds. The van der Waals surface area contributed by atoms with Crippen LogP contribution in [0, 0.1) is 29.6 Å². The van der Waals surface area contributed by atoms with Crippen LogP contribution in [0.5, 0.6) is 0 Å². The van der Waals surface area contributed by atoms with Crippen LogP contribution >= 0.6 is 0 Å². The Morgan fingerprint density at radius 2 is 1.65 bits per heavy atom. The third-order valence-corrected chi connectivity index (χ3v) is 5.58. The van der Waals surface area contributed by atoms with Gasteiger partial charge in [0.15, 0.2) is 0 Å². The fourth-order valence-corrected chi connectivity index (χ4v) is 4.24. The Balaban J connectivity index is 2.11. The molecule has 2 heteroatoms. The zero-order valence-corrected chi connectivity index (χ0v) is 11.7. The van der Waals surface area contributed by atoms with Gasteiger partial charge in [0, 0.05) is 0 Å². The number of hydrogen-bond donors (Lipinski definition) is 2. The lowest BCUT2D eigenvalue weighted by Crippen LogP contribution is -2.47. The minimum absolute atomic E-state index is 0.133. The summed E-state index contributed by atoms with van der Waals surface area (Å²) >= 11 is 0. The van der Waals surface area contributed by atoms with Crippen LogP contribution in [0.25, 0.3) is 0 Å². The molecule has 2 fully saturated rings. The maximum Gasteiger partial charge on any atom is 0.0619 e. The number of aliphatic hydroxyl groups is 2. The maximum atomic E-state index is 10.2. The molecular formula is C15H28O2. The minimum Gasteiger partial charge on any atom is -0.393 e. The molecular weight excluding hydrogens is 212 g/mol. The summed E-state index contributed by atoms with van der Waals surface area (Å²) in [6, 6.07) is 0. The molecule has 2 nitrogen and oxygen atoms in total. The molecule has 0 saturated heterocycles. The lowest BCUT2D eigenvalue weighted by molar-refractivity contribution is -0.0824. The second-order valence-corrected chi connectivity index (χ2v) is 7.13. The van der Waals surface area contributed by atoms with Gasteiger partial charge >= 0.3 is 0 Å². The van der Waals surface area contributed by atoms with Gasteiger partial charge in [-0.05, 0) is 69.1 Å². The highest BCUT2D eigenvalue weighted by atomic mass is 16.3. The molecule has 0 radical (unpaired) electrons. The van der Waals surface area contributed by atoms with Gasteiger partial charge in [0.1, 0.15) is 0 Å². The number of rotatable bonds is 1. The quantitative estimate of drug-likeness (QED) is 0.740. The van der Waals surface area contributed by atoms with E-state index in [1.807, 2.05) is 13.8 Å². The van der Waals surface area contributed by atoms with E-state index < -0.39 is 5.60 Å². The zero-order valence-electron chi connectivity index (χ0n) is 11.7. The average Bonchev–Trinajstić information content (AvgIpc) is 2.24. The summed E-state index contributed by atoms with van der Waals surface area (Å²) in [6.45, 7) is 8.36. The van der Waals surface area contributed by atoms with Crippen molar-refractivity contribution in [1.29, 1.82) is 0 Å². The van der Waals surface area contributed by atoms with E-state index in [1.165, 1.54) is 6.42 Å². The monoisotopic (exact) mass is 240 g/mol. The minimum atomic E-state index is -0.559. The van der Waals surface area contributed by atoms with Crippen molar-refractivity contribution in [3.63, 3.8) is 0 Å². The summed E-state index contributed by atoms with van der Waals surface area (Å²) in [6.07, 6.45) is 4.31. The Kier molecular flexibility index (Phi) is 3.57. The smallest absolute Gasteiger partial charge is 0.0619 e. The largest absolute Gasteiger partial charge is 0.393 e. The van der Waals surface area contributed by atoms with Gasteiger partial charge < -0.3 is 10.2 Å². The lowest BCUT2D eigenvalue weighted by atomic mass is 9.57. The van der Waals surface area contributed by atoms with Gasteiger partial charge in [-0.25, -0.2) is 0 Å². The van der Waals surface area contributed by atoms with E-state index in [2.05, 4.69) is 13.8 Å². The number of hydrogen-bond acceptors (Lipinski definition) is 2. The zero-order chi connectivity index (χ0) is 12.8. The Morgan fingerprint density at radius 1 is 1.00 bits per heavy atom. The van der Waals surface area contributed by atoms with E-state index in [4.69, 9.17) is 0 Å². The van der Waals surface area contributed by atoms with Crippen molar-refractivity contribution < 1.29 is 10.2 Å². The Bertz CT molecular complexity index is 269. The number of fused-ring (bicyclic) bond motifs is 1. The summed E-state index contributed by atoms with van der Waals surface area (Å²) in [5.41, 5.74) is -0.559. The van der Waals surface area contributed by atoms with Gasteiger partial charge in [0.25, 0.3) is 0 Å². The lowest BCUT2D eigenvalue weighted by Gasteiger charge is -2.50. The molecule has 0 aliphatic heterocycles. The van der Waals surface area contributed by atoms with Crippen molar-refractivity contribution in [2.75, 3.05) is 0 Å². The normalized spacial score (nSPS) is 47.6. The third-order valence-electron chi connectivity index (χ3n) is 5.58. The van der Waals surface area contributed by atoms with Gasteiger partial charge in [-0.1, -0.05) is 13.8 Å². The molecule has 0 aromatic carbocycles. The van der Waals surface area contributed by atoms with Crippen molar-refractivity contribution in [2.24, 2.45) is 29.6 Å². The second-order valence-electron chi connectivity index (χ2n) is 7.13. The van der Waals surface area contributed by atoms with Crippen LogP contribution in [0.4, 0.5) is 0 Å². The molecule has 0 aromatic heterocycles. The molecule has 0 spiro atoms. The SMILES string of the molecule is C[C@H]1[C@@H](O)C[C@@H](C)C2CC[C@@H](C(C)(C)O)C[C@@H]21. The first-order chi connectivity index (χ1) is 7.80. The van der Waals surface area contributed by atoms with Crippen LogP contribution in [0.2, 0.25) is 0 Å². The topological polar surface area (TPSA) is 40.5 Å². The van der Waals surface area contributed by atoms with Crippen LogP contribution < -0.4 is 0 Å². The first kappa shape index (κ1) is 13.4. The average molecular weight is 240 g/mol. The predicted octanol–water partition coefficient (Wildman–Crippen LogP) is 2.83. The fraction of sp³-hybridized carbons (Fsp3) is 1.00. The van der Waals surface area contributed by atoms with Gasteiger partial charge in [-0.15, -0.1) is 0 Å². The van der Waals surface area contributed by atoms with Crippen LogP contribution in [-0.4, -0.2) is 21.9 Å². The van der Waals surface area contributed by atoms with E-state index in [0.717, 1.165) is 25.2 Å². The summed E-state index contributed by atoms with van der Waals surface area (Å²) < 4.78 is 0. The van der Waals surface area contributed by atoms with E-state index in [1.54, 1.807) is 0 Å². The van der Waals surface area contributed by atoms with Crippen molar-refractivity contribution in [2.45, 2.75) is 65.1 Å². The van der Waals surface area contributed by atoms with Crippen LogP contribution in [0.3, 0.4) is 0 Å². The molecule has 100 valence electrons. The van der Waals surface area contributed by atoms with E-state index in [9.17, 15) is 10.2 Å². The number of aliphatic hydroxyl groups excluding tert-OH is 1. The summed E-state index contributed by atoms with van der Waals surface area (Å²) in [4.78, 5) is 0. The first-order valence-corrected chi connectivity index (χ1v) is 7.21. The molecule has 2 aliphatic rings. The highest BCUT2D eigenvalue weighted by Crippen LogP contribution is 2.50. The molecule has 0 aromatic rings. The van der Waals surface area contributed by atoms with E-state index >= 15 is 0 Å². The Hall–Kier alpha value is -0.0800. The molecule has 2 saturated carbocycles. The summed E-state index contributed by atoms with van der Waals surface area (Å²) in [5.74, 6) is 2.84. The molecule has 2 rings (SSSR count). The van der Waals surface area contributed by atoms with Crippen LogP contribution in [-0.2, 0) is 0 Å². The summed E-state index contributed by atoms with van der Waals surface area (Å²) in [5, 5.41) is 20.3. The Morgan fingerprint density at radius 3 is 2.24 bits per heavy atom. The van der Waals surface area contributed by atoms with Crippen molar-refractivity contribution in [1.82, 2.24) is 0 Å². The highest BCUT2D eigenvalue weighted by Gasteiger charge is 2.45. The predicted molar refractivity (Wildman–Crippen MR) is 69.6 cm³/mol. The van der Waals surface area contributed by atoms with Crippen molar-refractivity contribution in [3.8, 4) is 0 Å². The first-order valence-electron chi connectivity index (χ1n) is 7.21. The molecule has 1 unspecified atom stereocenters. The summed E-state index contributed by atoms with van der Waals surface area (Å²) in [7, 11) is 0. The molecule has 6 atom stereocenters. The van der Waals surface area contributed by atoms with Crippen LogP contribution in [0.15, 0.2) is 0 Å². The van der Waals surface area contributed by atoms with Gasteiger partial charge in [0.2, 0.25) is 0 Å². The van der Waals surface area contributed by atoms with Crippen molar-refractivity contribution >= 4 is 0 Å². The third kappa shape index (κ3) is 2.53. The van der Waals surface area contributed by atoms with E-state index in [-0.39, 0.29) is 6.10 Å². The maximum absolute atomic E-state index is 10.2. The van der Waals surface area contributed by atoms with Gasteiger partial charge in [-0.2, -0.15) is 0 Å². The van der Waals surface area contributed by atoms with E-state index in [0.29, 0.717) is 23.7 Å². The molecule has 0 heterocycles. The van der Waals surface area contributed by atoms with Gasteiger partial charge in [-0.3, -0.25) is 0 Å². The standard InChI is InChI=1S/C15H28O2/c1-9-7-14(16)10(2)13-8-11(15(3,4)17)5-6-12(9)13/h9-14,16-17H,5-8H2,1-4H3/t9-,10-,11-,12?,13-,14+/m1/s1.